The molecule has 0 aromatic heterocycles. The normalized spacial score (nSPS) is 14.4. The second-order valence-electron chi connectivity index (χ2n) is 6.18. The monoisotopic (exact) mass is 229 g/mol. The standard InChI is InChI=1S/C14H31NO/c1-12(2)13(3)11-16-10-8-7-9-15-14(4,5)6/h12-13,15H,7-11H2,1-6H3/t13-/m1/s1. The third-order valence-corrected chi connectivity index (χ3v) is 2.89. The van der Waals surface area contributed by atoms with Crippen molar-refractivity contribution < 1.29 is 4.74 Å². The minimum absolute atomic E-state index is 0.243. The van der Waals surface area contributed by atoms with Gasteiger partial charge < -0.3 is 10.1 Å². The molecule has 0 aliphatic carbocycles. The van der Waals surface area contributed by atoms with Crippen LogP contribution in [0, 0.1) is 11.8 Å². The lowest BCUT2D eigenvalue weighted by atomic mass is 9.99. The molecule has 0 spiro atoms. The van der Waals surface area contributed by atoms with E-state index < -0.39 is 0 Å². The van der Waals surface area contributed by atoms with E-state index in [0.717, 1.165) is 32.1 Å². The molecule has 0 aliphatic rings. The maximum absolute atomic E-state index is 5.66. The second kappa shape index (κ2) is 8.08. The summed E-state index contributed by atoms with van der Waals surface area (Å²) in [6, 6.07) is 0. The van der Waals surface area contributed by atoms with E-state index in [1.807, 2.05) is 0 Å². The van der Waals surface area contributed by atoms with Crippen molar-refractivity contribution in [2.45, 2.75) is 59.9 Å². The molecule has 0 unspecified atom stereocenters. The highest BCUT2D eigenvalue weighted by Crippen LogP contribution is 2.09. The van der Waals surface area contributed by atoms with Gasteiger partial charge in [-0.25, -0.2) is 0 Å². The minimum atomic E-state index is 0.243. The van der Waals surface area contributed by atoms with Crippen LogP contribution in [0.3, 0.4) is 0 Å². The molecule has 1 N–H and O–H groups in total. The Hall–Kier alpha value is -0.0800. The molecule has 0 saturated heterocycles. The van der Waals surface area contributed by atoms with E-state index in [2.05, 4.69) is 46.9 Å². The van der Waals surface area contributed by atoms with Crippen LogP contribution in [0.5, 0.6) is 0 Å². The van der Waals surface area contributed by atoms with Gasteiger partial charge in [0.1, 0.15) is 0 Å². The molecule has 0 fully saturated rings. The Morgan fingerprint density at radius 3 is 2.19 bits per heavy atom. The maximum atomic E-state index is 5.66. The molecule has 0 heterocycles. The molecule has 16 heavy (non-hydrogen) atoms. The lowest BCUT2D eigenvalue weighted by molar-refractivity contribution is 0.0869. The van der Waals surface area contributed by atoms with Gasteiger partial charge in [-0.3, -0.25) is 0 Å². The SMILES string of the molecule is CC(C)[C@H](C)COCCCCNC(C)(C)C. The molecular formula is C14H31NO. The lowest BCUT2D eigenvalue weighted by Crippen LogP contribution is -2.36. The Balaban J connectivity index is 3.22. The smallest absolute Gasteiger partial charge is 0.0494 e. The Kier molecular flexibility index (Phi) is 8.04. The van der Waals surface area contributed by atoms with Gasteiger partial charge in [-0.15, -0.1) is 0 Å². The van der Waals surface area contributed by atoms with Crippen molar-refractivity contribution in [3.8, 4) is 0 Å². The highest BCUT2D eigenvalue weighted by molar-refractivity contribution is 4.69. The topological polar surface area (TPSA) is 21.3 Å². The van der Waals surface area contributed by atoms with Crippen LogP contribution in [0.1, 0.15) is 54.4 Å². The largest absolute Gasteiger partial charge is 0.381 e. The van der Waals surface area contributed by atoms with Crippen LogP contribution >= 0.6 is 0 Å². The second-order valence-corrected chi connectivity index (χ2v) is 6.18. The van der Waals surface area contributed by atoms with Crippen molar-refractivity contribution in [3.05, 3.63) is 0 Å². The third-order valence-electron chi connectivity index (χ3n) is 2.89. The van der Waals surface area contributed by atoms with Crippen LogP contribution in [0.15, 0.2) is 0 Å². The van der Waals surface area contributed by atoms with Crippen LogP contribution in [0.2, 0.25) is 0 Å². The zero-order chi connectivity index (χ0) is 12.6. The molecule has 1 atom stereocenters. The number of ether oxygens (including phenoxy) is 1. The molecule has 0 amide bonds. The molecule has 0 aromatic rings. The summed E-state index contributed by atoms with van der Waals surface area (Å²) in [6.07, 6.45) is 2.36. The van der Waals surface area contributed by atoms with Gasteiger partial charge in [0.15, 0.2) is 0 Å². The number of hydrogen-bond acceptors (Lipinski definition) is 2. The fraction of sp³-hybridized carbons (Fsp3) is 1.00. The summed E-state index contributed by atoms with van der Waals surface area (Å²) in [5, 5.41) is 3.48. The van der Waals surface area contributed by atoms with Gasteiger partial charge in [-0.2, -0.15) is 0 Å². The van der Waals surface area contributed by atoms with Crippen LogP contribution in [0.25, 0.3) is 0 Å². The van der Waals surface area contributed by atoms with Gasteiger partial charge in [-0.1, -0.05) is 20.8 Å². The van der Waals surface area contributed by atoms with Crippen molar-refractivity contribution in [2.75, 3.05) is 19.8 Å². The molecular weight excluding hydrogens is 198 g/mol. The first-order chi connectivity index (χ1) is 7.33. The van der Waals surface area contributed by atoms with Crippen LogP contribution < -0.4 is 5.32 Å². The van der Waals surface area contributed by atoms with Crippen molar-refractivity contribution in [3.63, 3.8) is 0 Å². The van der Waals surface area contributed by atoms with E-state index in [0.29, 0.717) is 5.92 Å². The van der Waals surface area contributed by atoms with Gasteiger partial charge in [-0.05, 0) is 52.0 Å². The van der Waals surface area contributed by atoms with Gasteiger partial charge >= 0.3 is 0 Å². The zero-order valence-electron chi connectivity index (χ0n) is 12.1. The molecule has 98 valence electrons. The zero-order valence-corrected chi connectivity index (χ0v) is 12.1. The van der Waals surface area contributed by atoms with E-state index in [-0.39, 0.29) is 5.54 Å². The number of rotatable bonds is 8. The average Bonchev–Trinajstić information content (AvgIpc) is 2.14. The van der Waals surface area contributed by atoms with Crippen molar-refractivity contribution >= 4 is 0 Å². The number of nitrogens with one attached hydrogen (secondary N) is 1. The predicted molar refractivity (Wildman–Crippen MR) is 71.8 cm³/mol. The Morgan fingerprint density at radius 2 is 1.69 bits per heavy atom. The van der Waals surface area contributed by atoms with Crippen molar-refractivity contribution in [2.24, 2.45) is 11.8 Å². The summed E-state index contributed by atoms with van der Waals surface area (Å²) in [4.78, 5) is 0. The van der Waals surface area contributed by atoms with Gasteiger partial charge in [0.05, 0.1) is 0 Å². The molecule has 0 aliphatic heterocycles. The molecule has 0 radical (unpaired) electrons. The molecule has 2 heteroatoms. The van der Waals surface area contributed by atoms with Gasteiger partial charge in [0.2, 0.25) is 0 Å². The van der Waals surface area contributed by atoms with Crippen LogP contribution in [0.4, 0.5) is 0 Å². The van der Waals surface area contributed by atoms with E-state index >= 15 is 0 Å². The first-order valence-corrected chi connectivity index (χ1v) is 6.65. The van der Waals surface area contributed by atoms with E-state index in [9.17, 15) is 0 Å². The Morgan fingerprint density at radius 1 is 1.06 bits per heavy atom. The number of unbranched alkanes of at least 4 members (excludes halogenated alkanes) is 1. The summed E-state index contributed by atoms with van der Waals surface area (Å²) < 4.78 is 5.66. The summed E-state index contributed by atoms with van der Waals surface area (Å²) in [6.45, 7) is 16.3. The maximum Gasteiger partial charge on any atom is 0.0494 e. The Labute approximate surface area is 102 Å². The quantitative estimate of drug-likeness (QED) is 0.644. The summed E-state index contributed by atoms with van der Waals surface area (Å²) in [5.41, 5.74) is 0.243. The van der Waals surface area contributed by atoms with Crippen molar-refractivity contribution in [1.82, 2.24) is 5.32 Å². The van der Waals surface area contributed by atoms with Crippen LogP contribution in [-0.4, -0.2) is 25.3 Å². The average molecular weight is 229 g/mol. The van der Waals surface area contributed by atoms with Gasteiger partial charge in [0, 0.05) is 18.8 Å². The molecule has 0 rings (SSSR count). The minimum Gasteiger partial charge on any atom is -0.381 e. The fourth-order valence-electron chi connectivity index (χ4n) is 1.25. The Bertz CT molecular complexity index is 161. The summed E-state index contributed by atoms with van der Waals surface area (Å²) in [7, 11) is 0. The molecule has 0 aromatic carbocycles. The summed E-state index contributed by atoms with van der Waals surface area (Å²) >= 11 is 0. The van der Waals surface area contributed by atoms with E-state index in [1.54, 1.807) is 0 Å². The predicted octanol–water partition coefficient (Wildman–Crippen LogP) is 3.46. The van der Waals surface area contributed by atoms with E-state index in [4.69, 9.17) is 4.74 Å². The molecule has 0 saturated carbocycles. The lowest BCUT2D eigenvalue weighted by Gasteiger charge is -2.20. The molecule has 2 nitrogen and oxygen atoms in total. The first kappa shape index (κ1) is 15.9. The van der Waals surface area contributed by atoms with Gasteiger partial charge in [0.25, 0.3) is 0 Å². The first-order valence-electron chi connectivity index (χ1n) is 6.65. The highest BCUT2D eigenvalue weighted by Gasteiger charge is 2.08. The van der Waals surface area contributed by atoms with Crippen molar-refractivity contribution in [1.29, 1.82) is 0 Å². The highest BCUT2D eigenvalue weighted by atomic mass is 16.5. The number of hydrogen-bond donors (Lipinski definition) is 1. The van der Waals surface area contributed by atoms with Crippen LogP contribution in [-0.2, 0) is 4.74 Å². The third kappa shape index (κ3) is 10.4. The fourth-order valence-corrected chi connectivity index (χ4v) is 1.25. The summed E-state index contributed by atoms with van der Waals surface area (Å²) in [5.74, 6) is 1.40. The molecule has 0 bridgehead atoms. The van der Waals surface area contributed by atoms with E-state index in [1.165, 1.54) is 6.42 Å².